The number of aromatic nitrogens is 2. The number of carbonyl (C=O) groups is 1. The first-order valence-corrected chi connectivity index (χ1v) is 3.38. The van der Waals surface area contributed by atoms with Gasteiger partial charge in [0.2, 0.25) is 0 Å². The second-order valence-corrected chi connectivity index (χ2v) is 2.07. The number of aliphatic carboxylic acids is 1. The van der Waals surface area contributed by atoms with Gasteiger partial charge < -0.3 is 9.84 Å². The van der Waals surface area contributed by atoms with Gasteiger partial charge in [-0.05, 0) is 0 Å². The monoisotopic (exact) mass is 168 g/mol. The molecule has 0 atom stereocenters. The molecule has 1 heterocycles. The molecule has 1 N–H and O–H groups in total. The predicted octanol–water partition coefficient (Wildman–Crippen LogP) is 0.330. The molecule has 5 heteroatoms. The molecule has 5 nitrogen and oxygen atoms in total. The van der Waals surface area contributed by atoms with Crippen molar-refractivity contribution in [2.24, 2.45) is 0 Å². The molecule has 0 bridgehead atoms. The van der Waals surface area contributed by atoms with Gasteiger partial charge in [0.1, 0.15) is 6.33 Å². The van der Waals surface area contributed by atoms with Gasteiger partial charge in [0.25, 0.3) is 0 Å². The van der Waals surface area contributed by atoms with Crippen LogP contribution in [0.5, 0.6) is 5.75 Å². The second-order valence-electron chi connectivity index (χ2n) is 2.07. The molecule has 1 aromatic heterocycles. The summed E-state index contributed by atoms with van der Waals surface area (Å²) in [5.41, 5.74) is 0. The Morgan fingerprint density at radius 1 is 1.50 bits per heavy atom. The highest BCUT2D eigenvalue weighted by atomic mass is 16.5. The number of nitrogens with zero attached hydrogens (tertiary/aromatic N) is 2. The van der Waals surface area contributed by atoms with Crippen LogP contribution in [0.3, 0.4) is 0 Å². The average Bonchev–Trinajstić information content (AvgIpc) is 2.05. The summed E-state index contributed by atoms with van der Waals surface area (Å²) in [5, 5.41) is 8.28. The molecule has 0 radical (unpaired) electrons. The highest BCUT2D eigenvalue weighted by Crippen LogP contribution is 2.03. The van der Waals surface area contributed by atoms with Crippen molar-refractivity contribution in [3.63, 3.8) is 0 Å². The fourth-order valence-corrected chi connectivity index (χ4v) is 0.616. The Hall–Kier alpha value is -1.65. The normalized spacial score (nSPS) is 9.33. The van der Waals surface area contributed by atoms with Gasteiger partial charge in [0.05, 0.1) is 25.4 Å². The maximum atomic E-state index is 10.1. The molecule has 64 valence electrons. The Bertz CT molecular complexity index is 250. The first-order chi connectivity index (χ1) is 5.79. The minimum Gasteiger partial charge on any atom is -0.490 e. The Morgan fingerprint density at radius 3 is 2.75 bits per heavy atom. The van der Waals surface area contributed by atoms with Crippen LogP contribution in [-0.4, -0.2) is 27.7 Å². The Morgan fingerprint density at radius 2 is 2.17 bits per heavy atom. The summed E-state index contributed by atoms with van der Waals surface area (Å²) < 4.78 is 5.01. The third-order valence-electron chi connectivity index (χ3n) is 1.12. The third-order valence-corrected chi connectivity index (χ3v) is 1.12. The maximum Gasteiger partial charge on any atom is 0.306 e. The highest BCUT2D eigenvalue weighted by molar-refractivity contribution is 5.66. The van der Waals surface area contributed by atoms with Crippen LogP contribution in [0.15, 0.2) is 18.7 Å². The van der Waals surface area contributed by atoms with Gasteiger partial charge >= 0.3 is 5.97 Å². The van der Waals surface area contributed by atoms with E-state index in [0.29, 0.717) is 5.75 Å². The van der Waals surface area contributed by atoms with Crippen LogP contribution in [0.1, 0.15) is 6.42 Å². The van der Waals surface area contributed by atoms with Gasteiger partial charge in [-0.25, -0.2) is 9.97 Å². The molecule has 0 unspecified atom stereocenters. The number of ether oxygens (including phenoxy) is 1. The quantitative estimate of drug-likeness (QED) is 0.701. The number of hydrogen-bond acceptors (Lipinski definition) is 4. The van der Waals surface area contributed by atoms with E-state index in [4.69, 9.17) is 9.84 Å². The van der Waals surface area contributed by atoms with Crippen LogP contribution >= 0.6 is 0 Å². The largest absolute Gasteiger partial charge is 0.490 e. The predicted molar refractivity (Wildman–Crippen MR) is 39.8 cm³/mol. The first kappa shape index (κ1) is 8.45. The van der Waals surface area contributed by atoms with E-state index in [1.807, 2.05) is 0 Å². The van der Waals surface area contributed by atoms with Gasteiger partial charge in [-0.3, -0.25) is 4.79 Å². The smallest absolute Gasteiger partial charge is 0.306 e. The van der Waals surface area contributed by atoms with Gasteiger partial charge in [-0.1, -0.05) is 0 Å². The van der Waals surface area contributed by atoms with E-state index in [0.717, 1.165) is 0 Å². The van der Waals surface area contributed by atoms with Crippen LogP contribution in [0, 0.1) is 0 Å². The number of carboxylic acid groups (broad SMARTS) is 1. The number of carboxylic acids is 1. The van der Waals surface area contributed by atoms with E-state index < -0.39 is 5.97 Å². The molecule has 0 spiro atoms. The summed E-state index contributed by atoms with van der Waals surface area (Å²) in [7, 11) is 0. The van der Waals surface area contributed by atoms with Crippen molar-refractivity contribution in [2.45, 2.75) is 6.42 Å². The zero-order chi connectivity index (χ0) is 8.81. The highest BCUT2D eigenvalue weighted by Gasteiger charge is 1.97. The van der Waals surface area contributed by atoms with E-state index in [1.54, 1.807) is 0 Å². The third kappa shape index (κ3) is 2.96. The molecule has 0 amide bonds. The van der Waals surface area contributed by atoms with Crippen LogP contribution < -0.4 is 4.74 Å². The van der Waals surface area contributed by atoms with Crippen LogP contribution in [0.25, 0.3) is 0 Å². The SMILES string of the molecule is O=C(O)CCOc1cncnc1. The number of hydrogen-bond donors (Lipinski definition) is 1. The number of rotatable bonds is 4. The fourth-order valence-electron chi connectivity index (χ4n) is 0.616. The van der Waals surface area contributed by atoms with Crippen molar-refractivity contribution in [1.29, 1.82) is 0 Å². The molecule has 0 saturated carbocycles. The summed E-state index contributed by atoms with van der Waals surface area (Å²) in [6.45, 7) is 0.142. The summed E-state index contributed by atoms with van der Waals surface area (Å²) in [6.07, 6.45) is 4.32. The zero-order valence-corrected chi connectivity index (χ0v) is 6.30. The van der Waals surface area contributed by atoms with Crippen molar-refractivity contribution in [1.82, 2.24) is 9.97 Å². The minimum absolute atomic E-state index is 0.0190. The zero-order valence-electron chi connectivity index (χ0n) is 6.30. The Kier molecular flexibility index (Phi) is 3.01. The molecule has 0 saturated heterocycles. The lowest BCUT2D eigenvalue weighted by atomic mass is 10.5. The van der Waals surface area contributed by atoms with Crippen molar-refractivity contribution in [3.05, 3.63) is 18.7 Å². The summed E-state index contributed by atoms with van der Waals surface area (Å²) in [4.78, 5) is 17.5. The minimum atomic E-state index is -0.883. The molecule has 0 aliphatic carbocycles. The lowest BCUT2D eigenvalue weighted by Gasteiger charge is -2.01. The van der Waals surface area contributed by atoms with E-state index in [-0.39, 0.29) is 13.0 Å². The molecule has 1 aromatic rings. The van der Waals surface area contributed by atoms with Gasteiger partial charge in [0, 0.05) is 0 Å². The second kappa shape index (κ2) is 4.27. The summed E-state index contributed by atoms with van der Waals surface area (Å²) >= 11 is 0. The van der Waals surface area contributed by atoms with Crippen LogP contribution in [-0.2, 0) is 4.79 Å². The molecule has 12 heavy (non-hydrogen) atoms. The van der Waals surface area contributed by atoms with Crippen molar-refractivity contribution >= 4 is 5.97 Å². The van der Waals surface area contributed by atoms with Crippen molar-refractivity contribution in [3.8, 4) is 5.75 Å². The van der Waals surface area contributed by atoms with Crippen molar-refractivity contribution < 1.29 is 14.6 Å². The first-order valence-electron chi connectivity index (χ1n) is 3.38. The lowest BCUT2D eigenvalue weighted by Crippen LogP contribution is -2.04. The van der Waals surface area contributed by atoms with E-state index in [9.17, 15) is 4.79 Å². The molecule has 0 fully saturated rings. The lowest BCUT2D eigenvalue weighted by molar-refractivity contribution is -0.137. The molecular formula is C7H8N2O3. The van der Waals surface area contributed by atoms with Crippen molar-refractivity contribution in [2.75, 3.05) is 6.61 Å². The van der Waals surface area contributed by atoms with Gasteiger partial charge in [-0.2, -0.15) is 0 Å². The summed E-state index contributed by atoms with van der Waals surface area (Å²) in [5.74, 6) is -0.398. The topological polar surface area (TPSA) is 72.3 Å². The van der Waals surface area contributed by atoms with Gasteiger partial charge in [-0.15, -0.1) is 0 Å². The van der Waals surface area contributed by atoms with E-state index in [2.05, 4.69) is 9.97 Å². The Labute approximate surface area is 69.0 Å². The van der Waals surface area contributed by atoms with E-state index in [1.165, 1.54) is 18.7 Å². The fraction of sp³-hybridized carbons (Fsp3) is 0.286. The standard InChI is InChI=1S/C7H8N2O3/c10-7(11)1-2-12-6-3-8-5-9-4-6/h3-5H,1-2H2,(H,10,11). The van der Waals surface area contributed by atoms with E-state index >= 15 is 0 Å². The maximum absolute atomic E-state index is 10.1. The van der Waals surface area contributed by atoms with Gasteiger partial charge in [0.15, 0.2) is 5.75 Å². The Balaban J connectivity index is 2.29. The van der Waals surface area contributed by atoms with Crippen LogP contribution in [0.2, 0.25) is 0 Å². The molecule has 0 aromatic carbocycles. The molecule has 1 rings (SSSR count). The molecular weight excluding hydrogens is 160 g/mol. The summed E-state index contributed by atoms with van der Waals surface area (Å²) in [6, 6.07) is 0. The van der Waals surface area contributed by atoms with Crippen LogP contribution in [0.4, 0.5) is 0 Å². The average molecular weight is 168 g/mol. The molecule has 0 aliphatic heterocycles. The molecule has 0 aliphatic rings.